The molecule has 0 N–H and O–H groups in total. The lowest BCUT2D eigenvalue weighted by atomic mass is 10.2. The van der Waals surface area contributed by atoms with Gasteiger partial charge in [-0.25, -0.2) is 8.42 Å². The molecule has 1 aromatic heterocycles. The van der Waals surface area contributed by atoms with Crippen LogP contribution in [-0.4, -0.2) is 49.1 Å². The Kier molecular flexibility index (Phi) is 8.52. The number of thiazole rings is 1. The van der Waals surface area contributed by atoms with Gasteiger partial charge in [0.1, 0.15) is 0 Å². The number of ether oxygens (including phenoxy) is 3. The van der Waals surface area contributed by atoms with Gasteiger partial charge in [0.15, 0.2) is 16.3 Å². The van der Waals surface area contributed by atoms with Crippen molar-refractivity contribution < 1.29 is 32.2 Å². The van der Waals surface area contributed by atoms with Crippen molar-refractivity contribution in [3.05, 3.63) is 82.7 Å². The third-order valence-electron chi connectivity index (χ3n) is 6.51. The predicted molar refractivity (Wildman–Crippen MR) is 153 cm³/mol. The van der Waals surface area contributed by atoms with Gasteiger partial charge in [0.2, 0.25) is 16.8 Å². The first-order chi connectivity index (χ1) is 19.8. The molecule has 41 heavy (non-hydrogen) atoms. The minimum absolute atomic E-state index is 0.0905. The Morgan fingerprint density at radius 3 is 2.41 bits per heavy atom. The lowest BCUT2D eigenvalue weighted by Gasteiger charge is -2.20. The van der Waals surface area contributed by atoms with Crippen molar-refractivity contribution in [1.82, 2.24) is 8.87 Å². The number of hydrogen-bond acceptors (Lipinski definition) is 8. The van der Waals surface area contributed by atoms with E-state index in [1.54, 1.807) is 24.5 Å². The van der Waals surface area contributed by atoms with Crippen molar-refractivity contribution in [3.8, 4) is 11.5 Å². The standard InChI is InChI=1S/C29H29N3O7S2/c1-3-31(18-20-8-6-5-7-9-20)41(35,36)22-12-10-21(11-13-22)28(34)30-29-32(15-14-27(33)37-4-2)23-16-24-25(39-19-38-24)17-26(23)40-29/h5-13,16-17H,3-4,14-15,18-19H2,1-2H3. The number of benzene rings is 3. The number of esters is 1. The third kappa shape index (κ3) is 6.19. The van der Waals surface area contributed by atoms with Crippen molar-refractivity contribution in [2.24, 2.45) is 4.99 Å². The molecular weight excluding hydrogens is 566 g/mol. The van der Waals surface area contributed by atoms with Gasteiger partial charge in [0.25, 0.3) is 5.91 Å². The van der Waals surface area contributed by atoms with E-state index in [0.717, 1.165) is 15.8 Å². The zero-order valence-electron chi connectivity index (χ0n) is 22.6. The van der Waals surface area contributed by atoms with Gasteiger partial charge < -0.3 is 18.8 Å². The molecule has 1 amide bonds. The van der Waals surface area contributed by atoms with Crippen LogP contribution >= 0.6 is 11.3 Å². The van der Waals surface area contributed by atoms with Crippen molar-refractivity contribution in [2.45, 2.75) is 38.3 Å². The molecule has 1 aliphatic heterocycles. The number of sulfonamides is 1. The SMILES string of the molecule is CCOC(=O)CCn1c(=NC(=O)c2ccc(S(=O)(=O)N(CC)Cc3ccccc3)cc2)sc2cc3c(cc21)OCO3. The van der Waals surface area contributed by atoms with Crippen LogP contribution in [0.5, 0.6) is 11.5 Å². The first-order valence-electron chi connectivity index (χ1n) is 13.1. The molecule has 0 unspecified atom stereocenters. The van der Waals surface area contributed by atoms with E-state index in [-0.39, 0.29) is 49.3 Å². The molecule has 2 heterocycles. The second-order valence-electron chi connectivity index (χ2n) is 9.12. The summed E-state index contributed by atoms with van der Waals surface area (Å²) in [4.78, 5) is 30.1. The predicted octanol–water partition coefficient (Wildman–Crippen LogP) is 4.34. The Labute approximate surface area is 241 Å². The molecule has 5 rings (SSSR count). The van der Waals surface area contributed by atoms with E-state index >= 15 is 0 Å². The summed E-state index contributed by atoms with van der Waals surface area (Å²) in [6.07, 6.45) is 0.0962. The zero-order valence-corrected chi connectivity index (χ0v) is 24.2. The van der Waals surface area contributed by atoms with Crippen LogP contribution in [0.2, 0.25) is 0 Å². The second kappa shape index (κ2) is 12.2. The molecule has 0 saturated heterocycles. The van der Waals surface area contributed by atoms with E-state index in [1.807, 2.05) is 36.4 Å². The number of aromatic nitrogens is 1. The largest absolute Gasteiger partial charge is 0.466 e. The van der Waals surface area contributed by atoms with E-state index in [0.29, 0.717) is 22.8 Å². The number of fused-ring (bicyclic) bond motifs is 2. The topological polar surface area (TPSA) is 117 Å². The fraction of sp³-hybridized carbons (Fsp3) is 0.276. The summed E-state index contributed by atoms with van der Waals surface area (Å²) in [5, 5.41) is 0. The van der Waals surface area contributed by atoms with E-state index < -0.39 is 15.9 Å². The quantitative estimate of drug-likeness (QED) is 0.251. The maximum atomic E-state index is 13.3. The van der Waals surface area contributed by atoms with Crippen LogP contribution in [0.3, 0.4) is 0 Å². The molecule has 0 aliphatic carbocycles. The van der Waals surface area contributed by atoms with Crippen LogP contribution < -0.4 is 14.3 Å². The number of hydrogen-bond donors (Lipinski definition) is 0. The highest BCUT2D eigenvalue weighted by Gasteiger charge is 2.24. The van der Waals surface area contributed by atoms with Crippen molar-refractivity contribution in [3.63, 3.8) is 0 Å². The molecule has 0 bridgehead atoms. The summed E-state index contributed by atoms with van der Waals surface area (Å²) < 4.78 is 46.6. The molecule has 0 radical (unpaired) electrons. The zero-order chi connectivity index (χ0) is 29.0. The fourth-order valence-corrected chi connectivity index (χ4v) is 6.92. The van der Waals surface area contributed by atoms with Gasteiger partial charge in [-0.2, -0.15) is 9.30 Å². The smallest absolute Gasteiger partial charge is 0.307 e. The molecule has 10 nitrogen and oxygen atoms in total. The summed E-state index contributed by atoms with van der Waals surface area (Å²) in [6, 6.07) is 18.8. The summed E-state index contributed by atoms with van der Waals surface area (Å²) in [6.45, 7) is 4.71. The highest BCUT2D eigenvalue weighted by molar-refractivity contribution is 7.89. The van der Waals surface area contributed by atoms with Gasteiger partial charge in [-0.1, -0.05) is 48.6 Å². The maximum absolute atomic E-state index is 13.3. The monoisotopic (exact) mass is 595 g/mol. The summed E-state index contributed by atoms with van der Waals surface area (Å²) in [5.41, 5.74) is 1.86. The molecule has 0 spiro atoms. The molecule has 12 heteroatoms. The van der Waals surface area contributed by atoms with E-state index in [2.05, 4.69) is 4.99 Å². The number of amides is 1. The number of rotatable bonds is 10. The Bertz CT molecular complexity index is 1740. The Balaban J connectivity index is 1.43. The van der Waals surface area contributed by atoms with Crippen LogP contribution in [0.25, 0.3) is 10.2 Å². The third-order valence-corrected chi connectivity index (χ3v) is 9.49. The highest BCUT2D eigenvalue weighted by atomic mass is 32.2. The average Bonchev–Trinajstić information content (AvgIpc) is 3.57. The van der Waals surface area contributed by atoms with Gasteiger partial charge >= 0.3 is 5.97 Å². The highest BCUT2D eigenvalue weighted by Crippen LogP contribution is 2.37. The minimum Gasteiger partial charge on any atom is -0.466 e. The molecule has 0 fully saturated rings. The number of nitrogens with zero attached hydrogens (tertiary/aromatic N) is 3. The van der Waals surface area contributed by atoms with E-state index in [9.17, 15) is 18.0 Å². The van der Waals surface area contributed by atoms with E-state index in [4.69, 9.17) is 14.2 Å². The van der Waals surface area contributed by atoms with Crippen LogP contribution in [0.15, 0.2) is 76.6 Å². The average molecular weight is 596 g/mol. The Morgan fingerprint density at radius 2 is 1.73 bits per heavy atom. The van der Waals surface area contributed by atoms with Gasteiger partial charge in [-0.3, -0.25) is 9.59 Å². The van der Waals surface area contributed by atoms with E-state index in [1.165, 1.54) is 39.9 Å². The first-order valence-corrected chi connectivity index (χ1v) is 15.4. The normalized spacial score (nSPS) is 13.2. The van der Waals surface area contributed by atoms with Crippen molar-refractivity contribution in [1.29, 1.82) is 0 Å². The molecule has 0 saturated carbocycles. The molecular formula is C29H29N3O7S2. The van der Waals surface area contributed by atoms with Gasteiger partial charge in [0, 0.05) is 37.3 Å². The lowest BCUT2D eigenvalue weighted by Crippen LogP contribution is -2.30. The fourth-order valence-electron chi connectivity index (χ4n) is 4.42. The lowest BCUT2D eigenvalue weighted by molar-refractivity contribution is -0.143. The number of aryl methyl sites for hydroxylation is 1. The van der Waals surface area contributed by atoms with Crippen LogP contribution in [-0.2, 0) is 32.6 Å². The van der Waals surface area contributed by atoms with Crippen LogP contribution in [0.1, 0.15) is 36.2 Å². The van der Waals surface area contributed by atoms with Gasteiger partial charge in [-0.15, -0.1) is 0 Å². The summed E-state index contributed by atoms with van der Waals surface area (Å²) >= 11 is 1.28. The molecule has 4 aromatic rings. The maximum Gasteiger partial charge on any atom is 0.307 e. The Morgan fingerprint density at radius 1 is 1.02 bits per heavy atom. The van der Waals surface area contributed by atoms with Gasteiger partial charge in [-0.05, 0) is 36.8 Å². The summed E-state index contributed by atoms with van der Waals surface area (Å²) in [7, 11) is -3.78. The first kappa shape index (κ1) is 28.5. The van der Waals surface area contributed by atoms with Gasteiger partial charge in [0.05, 0.1) is 28.1 Å². The minimum atomic E-state index is -3.78. The molecule has 0 atom stereocenters. The Hall–Kier alpha value is -4.00. The van der Waals surface area contributed by atoms with Crippen LogP contribution in [0.4, 0.5) is 0 Å². The van der Waals surface area contributed by atoms with Crippen LogP contribution in [0, 0.1) is 0 Å². The molecule has 214 valence electrons. The molecule has 1 aliphatic rings. The van der Waals surface area contributed by atoms with Crippen molar-refractivity contribution in [2.75, 3.05) is 19.9 Å². The number of carbonyl (C=O) groups is 2. The van der Waals surface area contributed by atoms with Crippen molar-refractivity contribution >= 4 is 43.5 Å². The number of carbonyl (C=O) groups excluding carboxylic acids is 2. The molecule has 3 aromatic carbocycles. The summed E-state index contributed by atoms with van der Waals surface area (Å²) in [5.74, 6) is 0.271. The second-order valence-corrected chi connectivity index (χ2v) is 12.1.